The molecule has 0 saturated carbocycles. The summed E-state index contributed by atoms with van der Waals surface area (Å²) in [6.45, 7) is 3.93. The highest BCUT2D eigenvalue weighted by atomic mass is 16.5. The number of phenols is 2. The lowest BCUT2D eigenvalue weighted by Crippen LogP contribution is -1.98. The molecule has 0 heterocycles. The minimum atomic E-state index is -0.203. The molecule has 0 aromatic heterocycles. The smallest absolute Gasteiger partial charge is 0.161 e. The zero-order valence-electron chi connectivity index (χ0n) is 17.1. The summed E-state index contributed by atoms with van der Waals surface area (Å²) >= 11 is 0. The molecule has 0 radical (unpaired) electrons. The van der Waals surface area contributed by atoms with E-state index >= 15 is 0 Å². The molecule has 0 spiro atoms. The van der Waals surface area contributed by atoms with Crippen molar-refractivity contribution in [2.45, 2.75) is 27.1 Å². The second kappa shape index (κ2) is 9.48. The van der Waals surface area contributed by atoms with Gasteiger partial charge in [0.15, 0.2) is 11.5 Å². The maximum atomic E-state index is 10.4. The quantitative estimate of drug-likeness (QED) is 0.425. The van der Waals surface area contributed by atoms with Gasteiger partial charge in [-0.1, -0.05) is 23.8 Å². The van der Waals surface area contributed by atoms with Gasteiger partial charge in [-0.05, 0) is 89.7 Å². The molecule has 156 valence electrons. The van der Waals surface area contributed by atoms with Gasteiger partial charge in [0.25, 0.3) is 0 Å². The summed E-state index contributed by atoms with van der Waals surface area (Å²) in [6, 6.07) is 15.4. The molecule has 0 saturated heterocycles. The molecular weight excluding hydrogens is 380 g/mol. The molecule has 0 amide bonds. The summed E-state index contributed by atoms with van der Waals surface area (Å²) in [5.41, 5.74) is 5.49. The van der Waals surface area contributed by atoms with Gasteiger partial charge in [0.05, 0.1) is 13.2 Å². The van der Waals surface area contributed by atoms with Crippen LogP contribution in [-0.2, 0) is 13.2 Å². The summed E-state index contributed by atoms with van der Waals surface area (Å²) in [6.07, 6.45) is 1.92. The topological polar surface area (TPSA) is 90.2 Å². The van der Waals surface area contributed by atoms with Crippen LogP contribution >= 0.6 is 0 Å². The molecular formula is C25H26O5. The van der Waals surface area contributed by atoms with Crippen molar-refractivity contribution in [1.82, 2.24) is 0 Å². The Morgan fingerprint density at radius 2 is 1.37 bits per heavy atom. The van der Waals surface area contributed by atoms with Crippen molar-refractivity contribution >= 4 is 0 Å². The van der Waals surface area contributed by atoms with Crippen LogP contribution in [0.1, 0.15) is 25.0 Å². The summed E-state index contributed by atoms with van der Waals surface area (Å²) in [7, 11) is 0. The number of rotatable bonds is 7. The average molecular weight is 406 g/mol. The van der Waals surface area contributed by atoms with Crippen LogP contribution in [0.3, 0.4) is 0 Å². The molecule has 0 unspecified atom stereocenters. The van der Waals surface area contributed by atoms with Crippen LogP contribution in [0.15, 0.2) is 66.2 Å². The lowest BCUT2D eigenvalue weighted by Gasteiger charge is -2.16. The maximum Gasteiger partial charge on any atom is 0.161 e. The summed E-state index contributed by atoms with van der Waals surface area (Å²) < 4.78 is 5.59. The number of hydrogen-bond acceptors (Lipinski definition) is 5. The normalized spacial score (nSPS) is 10.7. The Morgan fingerprint density at radius 1 is 0.800 bits per heavy atom. The van der Waals surface area contributed by atoms with E-state index in [0.29, 0.717) is 29.0 Å². The molecule has 0 bridgehead atoms. The highest BCUT2D eigenvalue weighted by Crippen LogP contribution is 2.37. The first-order chi connectivity index (χ1) is 14.4. The number of allylic oxidation sites excluding steroid dienone is 1. The van der Waals surface area contributed by atoms with Gasteiger partial charge in [0.1, 0.15) is 12.4 Å². The Morgan fingerprint density at radius 3 is 1.90 bits per heavy atom. The predicted octanol–water partition coefficient (Wildman–Crippen LogP) is 4.76. The second-order valence-electron chi connectivity index (χ2n) is 7.30. The van der Waals surface area contributed by atoms with Gasteiger partial charge in [-0.15, -0.1) is 0 Å². The second-order valence-corrected chi connectivity index (χ2v) is 7.30. The molecule has 0 aliphatic carbocycles. The number of phenolic OH excluding ortho intramolecular Hbond substituents is 2. The van der Waals surface area contributed by atoms with Gasteiger partial charge < -0.3 is 25.2 Å². The Hall–Kier alpha value is -3.28. The number of benzene rings is 3. The minimum Gasteiger partial charge on any atom is -0.508 e. The lowest BCUT2D eigenvalue weighted by atomic mass is 9.91. The van der Waals surface area contributed by atoms with Gasteiger partial charge in [-0.2, -0.15) is 0 Å². The number of aromatic hydroxyl groups is 2. The first kappa shape index (κ1) is 21.4. The van der Waals surface area contributed by atoms with Crippen molar-refractivity contribution in [2.75, 3.05) is 6.61 Å². The maximum absolute atomic E-state index is 10.4. The Balaban J connectivity index is 2.00. The van der Waals surface area contributed by atoms with Crippen molar-refractivity contribution in [1.29, 1.82) is 0 Å². The molecule has 0 fully saturated rings. The van der Waals surface area contributed by atoms with E-state index < -0.39 is 0 Å². The van der Waals surface area contributed by atoms with Gasteiger partial charge in [0.2, 0.25) is 0 Å². The van der Waals surface area contributed by atoms with E-state index in [1.165, 1.54) is 0 Å². The Bertz CT molecular complexity index is 1050. The van der Waals surface area contributed by atoms with Gasteiger partial charge >= 0.3 is 0 Å². The van der Waals surface area contributed by atoms with Gasteiger partial charge in [0, 0.05) is 0 Å². The molecule has 3 aromatic carbocycles. The average Bonchev–Trinajstić information content (AvgIpc) is 2.74. The van der Waals surface area contributed by atoms with Crippen LogP contribution in [-0.4, -0.2) is 27.0 Å². The molecule has 30 heavy (non-hydrogen) atoms. The predicted molar refractivity (Wildman–Crippen MR) is 117 cm³/mol. The molecule has 0 atom stereocenters. The van der Waals surface area contributed by atoms with Crippen molar-refractivity contribution < 1.29 is 25.2 Å². The fraction of sp³-hybridized carbons (Fsp3) is 0.200. The van der Waals surface area contributed by atoms with Gasteiger partial charge in [-0.3, -0.25) is 0 Å². The van der Waals surface area contributed by atoms with E-state index in [9.17, 15) is 20.4 Å². The van der Waals surface area contributed by atoms with Gasteiger partial charge in [-0.25, -0.2) is 0 Å². The molecule has 0 aliphatic heterocycles. The van der Waals surface area contributed by atoms with Crippen molar-refractivity contribution in [3.63, 3.8) is 0 Å². The van der Waals surface area contributed by atoms with Crippen molar-refractivity contribution in [2.24, 2.45) is 0 Å². The highest BCUT2D eigenvalue weighted by molar-refractivity contribution is 5.77. The molecule has 3 rings (SSSR count). The third kappa shape index (κ3) is 4.82. The van der Waals surface area contributed by atoms with E-state index in [1.54, 1.807) is 36.4 Å². The summed E-state index contributed by atoms with van der Waals surface area (Å²) in [4.78, 5) is 0. The number of aliphatic hydroxyl groups excluding tert-OH is 2. The van der Waals surface area contributed by atoms with E-state index in [4.69, 9.17) is 4.74 Å². The van der Waals surface area contributed by atoms with Crippen LogP contribution in [0.5, 0.6) is 17.2 Å². The highest BCUT2D eigenvalue weighted by Gasteiger charge is 2.14. The zero-order chi connectivity index (χ0) is 21.7. The first-order valence-corrected chi connectivity index (χ1v) is 9.69. The van der Waals surface area contributed by atoms with Crippen LogP contribution < -0.4 is 4.74 Å². The Kier molecular flexibility index (Phi) is 6.77. The number of ether oxygens (including phenoxy) is 1. The van der Waals surface area contributed by atoms with Crippen LogP contribution in [0.2, 0.25) is 0 Å². The molecule has 5 heteroatoms. The van der Waals surface area contributed by atoms with E-state index in [1.807, 2.05) is 38.1 Å². The SMILES string of the molecule is CC(C)=CCOc1ccc(-c2cc(CO)c(-c3ccc(O)cc3)cc2CO)cc1O. The minimum absolute atomic E-state index is 0.00621. The van der Waals surface area contributed by atoms with Crippen LogP contribution in [0, 0.1) is 0 Å². The number of aliphatic hydroxyl groups is 2. The molecule has 3 aromatic rings. The first-order valence-electron chi connectivity index (χ1n) is 9.69. The molecule has 5 nitrogen and oxygen atoms in total. The van der Waals surface area contributed by atoms with Crippen LogP contribution in [0.25, 0.3) is 22.3 Å². The standard InChI is InChI=1S/C25H26O5/c1-16(2)9-10-30-25-8-5-18(13-24(25)29)23-12-19(14-26)22(11-20(23)15-27)17-3-6-21(28)7-4-17/h3-9,11-13,26-29H,10,14-15H2,1-2H3. The lowest BCUT2D eigenvalue weighted by molar-refractivity contribution is 0.279. The third-order valence-electron chi connectivity index (χ3n) is 4.85. The Labute approximate surface area is 176 Å². The van der Waals surface area contributed by atoms with Crippen LogP contribution in [0.4, 0.5) is 0 Å². The molecule has 4 N–H and O–H groups in total. The van der Waals surface area contributed by atoms with E-state index in [0.717, 1.165) is 22.3 Å². The van der Waals surface area contributed by atoms with Crippen molar-refractivity contribution in [3.05, 3.63) is 77.4 Å². The summed E-state index contributed by atoms with van der Waals surface area (Å²) in [5, 5.41) is 39.8. The monoisotopic (exact) mass is 406 g/mol. The van der Waals surface area contributed by atoms with Crippen molar-refractivity contribution in [3.8, 4) is 39.5 Å². The number of hydrogen-bond donors (Lipinski definition) is 4. The fourth-order valence-corrected chi connectivity index (χ4v) is 3.23. The zero-order valence-corrected chi connectivity index (χ0v) is 17.1. The largest absolute Gasteiger partial charge is 0.508 e. The summed E-state index contributed by atoms with van der Waals surface area (Å²) in [5.74, 6) is 0.544. The third-order valence-corrected chi connectivity index (χ3v) is 4.85. The van der Waals surface area contributed by atoms with E-state index in [-0.39, 0.29) is 24.7 Å². The van der Waals surface area contributed by atoms with E-state index in [2.05, 4.69) is 0 Å². The molecule has 0 aliphatic rings. The fourth-order valence-electron chi connectivity index (χ4n) is 3.23.